The van der Waals surface area contributed by atoms with Crippen LogP contribution in [0.2, 0.25) is 0 Å². The fourth-order valence-corrected chi connectivity index (χ4v) is 3.85. The molecule has 120 valence electrons. The van der Waals surface area contributed by atoms with E-state index in [0.717, 1.165) is 11.3 Å². The number of sulfone groups is 1. The third kappa shape index (κ3) is 3.53. The lowest BCUT2D eigenvalue weighted by atomic mass is 10.1. The van der Waals surface area contributed by atoms with Crippen LogP contribution in [0.15, 0.2) is 64.6 Å². The van der Waals surface area contributed by atoms with E-state index in [1.807, 2.05) is 30.3 Å². The molecule has 1 aliphatic heterocycles. The first-order valence-electron chi connectivity index (χ1n) is 7.23. The van der Waals surface area contributed by atoms with Crippen molar-refractivity contribution in [3.8, 4) is 5.75 Å². The Morgan fingerprint density at radius 2 is 1.83 bits per heavy atom. The van der Waals surface area contributed by atoms with Gasteiger partial charge < -0.3 is 9.57 Å². The molecule has 5 nitrogen and oxygen atoms in total. The highest BCUT2D eigenvalue weighted by molar-refractivity contribution is 7.91. The molecule has 0 bridgehead atoms. The van der Waals surface area contributed by atoms with Gasteiger partial charge >= 0.3 is 0 Å². The highest BCUT2D eigenvalue weighted by Gasteiger charge is 2.28. The zero-order valence-electron chi connectivity index (χ0n) is 12.7. The first-order chi connectivity index (χ1) is 11.1. The van der Waals surface area contributed by atoms with Gasteiger partial charge in [-0.1, -0.05) is 35.5 Å². The Morgan fingerprint density at radius 1 is 1.13 bits per heavy atom. The molecule has 0 saturated carbocycles. The Balaban J connectivity index is 1.68. The molecule has 2 aromatic rings. The van der Waals surface area contributed by atoms with Crippen LogP contribution in [0, 0.1) is 0 Å². The molecule has 3 rings (SSSR count). The summed E-state index contributed by atoms with van der Waals surface area (Å²) in [4.78, 5) is 5.57. The van der Waals surface area contributed by atoms with Crippen LogP contribution in [0.25, 0.3) is 0 Å². The van der Waals surface area contributed by atoms with Gasteiger partial charge in [-0.3, -0.25) is 0 Å². The normalized spacial score (nSPS) is 17.4. The SMILES string of the molecule is COc1ccc(S(=O)(=O)CC2CC(c3ccccc3)=NO2)cc1. The van der Waals surface area contributed by atoms with Crippen LogP contribution in [-0.2, 0) is 14.7 Å². The second-order valence-corrected chi connectivity index (χ2v) is 7.33. The van der Waals surface area contributed by atoms with E-state index in [0.29, 0.717) is 12.2 Å². The van der Waals surface area contributed by atoms with Crippen molar-refractivity contribution >= 4 is 15.5 Å². The van der Waals surface area contributed by atoms with Crippen molar-refractivity contribution < 1.29 is 18.0 Å². The summed E-state index contributed by atoms with van der Waals surface area (Å²) in [5, 5.41) is 4.02. The first kappa shape index (κ1) is 15.6. The number of methoxy groups -OCH3 is 1. The molecule has 0 spiro atoms. The maximum atomic E-state index is 12.5. The van der Waals surface area contributed by atoms with Gasteiger partial charge in [-0.15, -0.1) is 0 Å². The van der Waals surface area contributed by atoms with E-state index >= 15 is 0 Å². The van der Waals surface area contributed by atoms with Gasteiger partial charge in [-0.2, -0.15) is 0 Å². The summed E-state index contributed by atoms with van der Waals surface area (Å²) in [7, 11) is -1.89. The van der Waals surface area contributed by atoms with Gasteiger partial charge in [-0.05, 0) is 29.8 Å². The summed E-state index contributed by atoms with van der Waals surface area (Å²) in [5.41, 5.74) is 1.73. The number of oxime groups is 1. The summed E-state index contributed by atoms with van der Waals surface area (Å²) in [6, 6.07) is 16.0. The molecule has 0 fully saturated rings. The molecule has 1 heterocycles. The van der Waals surface area contributed by atoms with Gasteiger partial charge in [0.25, 0.3) is 0 Å². The van der Waals surface area contributed by atoms with Gasteiger partial charge in [0.2, 0.25) is 0 Å². The quantitative estimate of drug-likeness (QED) is 0.845. The van der Waals surface area contributed by atoms with Crippen LogP contribution in [0.1, 0.15) is 12.0 Å². The first-order valence-corrected chi connectivity index (χ1v) is 8.88. The topological polar surface area (TPSA) is 65.0 Å². The van der Waals surface area contributed by atoms with Crippen molar-refractivity contribution in [2.45, 2.75) is 17.4 Å². The Labute approximate surface area is 135 Å². The number of hydrogen-bond acceptors (Lipinski definition) is 5. The van der Waals surface area contributed by atoms with Gasteiger partial charge in [0.05, 0.1) is 23.5 Å². The standard InChI is InChI=1S/C17H17NO4S/c1-21-14-7-9-16(10-8-14)23(19,20)12-15-11-17(18-22-15)13-5-3-2-4-6-13/h2-10,15H,11-12H2,1H3. The second-order valence-electron chi connectivity index (χ2n) is 5.29. The second kappa shape index (κ2) is 6.42. The fraction of sp³-hybridized carbons (Fsp3) is 0.235. The fourth-order valence-electron chi connectivity index (χ4n) is 2.44. The maximum absolute atomic E-state index is 12.5. The predicted molar refractivity (Wildman–Crippen MR) is 87.5 cm³/mol. The summed E-state index contributed by atoms with van der Waals surface area (Å²) in [6.45, 7) is 0. The molecule has 0 saturated heterocycles. The van der Waals surface area contributed by atoms with Crippen LogP contribution in [-0.4, -0.2) is 33.1 Å². The average molecular weight is 331 g/mol. The van der Waals surface area contributed by atoms with Gasteiger partial charge in [0.15, 0.2) is 9.84 Å². The third-order valence-electron chi connectivity index (χ3n) is 3.66. The van der Waals surface area contributed by atoms with Crippen molar-refractivity contribution in [1.29, 1.82) is 0 Å². The van der Waals surface area contributed by atoms with Gasteiger partial charge in [0, 0.05) is 6.42 Å². The van der Waals surface area contributed by atoms with Crippen molar-refractivity contribution in [3.63, 3.8) is 0 Å². The van der Waals surface area contributed by atoms with Crippen LogP contribution >= 0.6 is 0 Å². The van der Waals surface area contributed by atoms with E-state index in [-0.39, 0.29) is 10.6 Å². The molecule has 0 amide bonds. The Hall–Kier alpha value is -2.34. The summed E-state index contributed by atoms with van der Waals surface area (Å²) in [5.74, 6) is 0.523. The lowest BCUT2D eigenvalue weighted by Crippen LogP contribution is -2.21. The van der Waals surface area contributed by atoms with Gasteiger partial charge in [-0.25, -0.2) is 8.42 Å². The maximum Gasteiger partial charge on any atom is 0.182 e. The molecule has 1 aliphatic rings. The molecule has 23 heavy (non-hydrogen) atoms. The molecule has 2 aromatic carbocycles. The number of nitrogens with zero attached hydrogens (tertiary/aromatic N) is 1. The van der Waals surface area contributed by atoms with E-state index in [9.17, 15) is 8.42 Å². The van der Waals surface area contributed by atoms with Gasteiger partial charge in [0.1, 0.15) is 11.9 Å². The van der Waals surface area contributed by atoms with E-state index in [2.05, 4.69) is 5.16 Å². The Bertz CT molecular complexity index is 798. The predicted octanol–water partition coefficient (Wildman–Crippen LogP) is 2.66. The molecule has 1 unspecified atom stereocenters. The molecular formula is C17H17NO4S. The highest BCUT2D eigenvalue weighted by Crippen LogP contribution is 2.22. The summed E-state index contributed by atoms with van der Waals surface area (Å²) < 4.78 is 30.0. The summed E-state index contributed by atoms with van der Waals surface area (Å²) >= 11 is 0. The lowest BCUT2D eigenvalue weighted by Gasteiger charge is -2.10. The number of hydrogen-bond donors (Lipinski definition) is 0. The average Bonchev–Trinajstić information content (AvgIpc) is 3.03. The molecule has 0 aliphatic carbocycles. The zero-order chi connectivity index (χ0) is 16.3. The smallest absolute Gasteiger partial charge is 0.182 e. The Morgan fingerprint density at radius 3 is 2.48 bits per heavy atom. The van der Waals surface area contributed by atoms with Crippen LogP contribution in [0.3, 0.4) is 0 Å². The van der Waals surface area contributed by atoms with Crippen LogP contribution < -0.4 is 4.74 Å². The Kier molecular flexibility index (Phi) is 4.34. The van der Waals surface area contributed by atoms with Crippen molar-refractivity contribution in [3.05, 3.63) is 60.2 Å². The molecule has 0 aromatic heterocycles. The number of benzene rings is 2. The van der Waals surface area contributed by atoms with E-state index in [1.165, 1.54) is 0 Å². The highest BCUT2D eigenvalue weighted by atomic mass is 32.2. The minimum absolute atomic E-state index is 0.0981. The number of rotatable bonds is 5. The van der Waals surface area contributed by atoms with E-state index in [1.54, 1.807) is 31.4 Å². The minimum atomic E-state index is -3.43. The van der Waals surface area contributed by atoms with E-state index in [4.69, 9.17) is 9.57 Å². The van der Waals surface area contributed by atoms with Crippen LogP contribution in [0.4, 0.5) is 0 Å². The van der Waals surface area contributed by atoms with Crippen molar-refractivity contribution in [1.82, 2.24) is 0 Å². The summed E-state index contributed by atoms with van der Waals surface area (Å²) in [6.07, 6.45) is 0.0247. The van der Waals surface area contributed by atoms with E-state index < -0.39 is 15.9 Å². The third-order valence-corrected chi connectivity index (χ3v) is 5.46. The van der Waals surface area contributed by atoms with Crippen molar-refractivity contribution in [2.75, 3.05) is 12.9 Å². The molecule has 1 atom stereocenters. The molecule has 0 radical (unpaired) electrons. The van der Waals surface area contributed by atoms with Crippen LogP contribution in [0.5, 0.6) is 5.75 Å². The minimum Gasteiger partial charge on any atom is -0.497 e. The largest absolute Gasteiger partial charge is 0.497 e. The number of ether oxygens (including phenoxy) is 1. The molecule has 0 N–H and O–H groups in total. The monoisotopic (exact) mass is 331 g/mol. The lowest BCUT2D eigenvalue weighted by molar-refractivity contribution is 0.102. The molecule has 6 heteroatoms. The zero-order valence-corrected chi connectivity index (χ0v) is 13.5. The molecular weight excluding hydrogens is 314 g/mol. The van der Waals surface area contributed by atoms with Crippen molar-refractivity contribution in [2.24, 2.45) is 5.16 Å².